The Balaban J connectivity index is 1.71. The minimum Gasteiger partial charge on any atom is -0.497 e. The predicted octanol–water partition coefficient (Wildman–Crippen LogP) is 6.27. The standard InChI is InChI=1S/C27H23IO6/c1-30-18-14-20(26(28)24(15-18)32-3)27(29)34-21-12-13-22(31-2)25-19(21)10-7-11-23(25)33-16-17-8-5-4-6-9-17/h4-15H,16H2,1-3H3. The second-order valence-corrected chi connectivity index (χ2v) is 8.38. The Morgan fingerprint density at radius 1 is 0.765 bits per heavy atom. The summed E-state index contributed by atoms with van der Waals surface area (Å²) >= 11 is 2.06. The topological polar surface area (TPSA) is 63.2 Å². The van der Waals surface area contributed by atoms with E-state index >= 15 is 0 Å². The number of rotatable bonds is 8. The number of benzene rings is 4. The molecule has 0 aromatic heterocycles. The SMILES string of the molecule is COc1cc(OC)c(I)c(C(=O)Oc2ccc(OC)c3c(OCc4ccccc4)cccc23)c1. The van der Waals surface area contributed by atoms with Gasteiger partial charge in [-0.3, -0.25) is 0 Å². The molecule has 0 unspecified atom stereocenters. The largest absolute Gasteiger partial charge is 0.497 e. The maximum absolute atomic E-state index is 13.2. The summed E-state index contributed by atoms with van der Waals surface area (Å²) in [6, 6.07) is 22.3. The van der Waals surface area contributed by atoms with E-state index in [0.717, 1.165) is 10.9 Å². The summed E-state index contributed by atoms with van der Waals surface area (Å²) in [6.45, 7) is 0.398. The number of carbonyl (C=O) groups is 1. The Kier molecular flexibility index (Phi) is 7.42. The van der Waals surface area contributed by atoms with Crippen LogP contribution in [0.3, 0.4) is 0 Å². The molecule has 174 valence electrons. The van der Waals surface area contributed by atoms with E-state index in [4.69, 9.17) is 23.7 Å². The zero-order chi connectivity index (χ0) is 24.1. The molecule has 0 heterocycles. The number of methoxy groups -OCH3 is 3. The molecule has 0 radical (unpaired) electrons. The van der Waals surface area contributed by atoms with E-state index in [0.29, 0.717) is 49.9 Å². The lowest BCUT2D eigenvalue weighted by molar-refractivity contribution is 0.0735. The van der Waals surface area contributed by atoms with Crippen LogP contribution in [0.4, 0.5) is 0 Å². The molecule has 0 aliphatic heterocycles. The van der Waals surface area contributed by atoms with Crippen LogP contribution in [-0.4, -0.2) is 27.3 Å². The van der Waals surface area contributed by atoms with Crippen LogP contribution < -0.4 is 23.7 Å². The minimum absolute atomic E-state index is 0.345. The van der Waals surface area contributed by atoms with Crippen molar-refractivity contribution in [3.8, 4) is 28.7 Å². The van der Waals surface area contributed by atoms with Gasteiger partial charge in [-0.2, -0.15) is 0 Å². The lowest BCUT2D eigenvalue weighted by Crippen LogP contribution is -2.12. The van der Waals surface area contributed by atoms with Crippen LogP contribution in [-0.2, 0) is 6.61 Å². The van der Waals surface area contributed by atoms with Crippen LogP contribution in [0.25, 0.3) is 10.8 Å². The van der Waals surface area contributed by atoms with Gasteiger partial charge < -0.3 is 23.7 Å². The van der Waals surface area contributed by atoms with Crippen molar-refractivity contribution in [3.05, 3.63) is 87.5 Å². The smallest absolute Gasteiger partial charge is 0.344 e. The Morgan fingerprint density at radius 3 is 2.21 bits per heavy atom. The van der Waals surface area contributed by atoms with Crippen LogP contribution >= 0.6 is 22.6 Å². The highest BCUT2D eigenvalue weighted by Crippen LogP contribution is 2.40. The summed E-state index contributed by atoms with van der Waals surface area (Å²) in [5, 5.41) is 1.42. The number of fused-ring (bicyclic) bond motifs is 1. The molecule has 0 atom stereocenters. The van der Waals surface area contributed by atoms with Gasteiger partial charge >= 0.3 is 5.97 Å². The number of esters is 1. The fraction of sp³-hybridized carbons (Fsp3) is 0.148. The number of halogens is 1. The van der Waals surface area contributed by atoms with Gasteiger partial charge in [0.25, 0.3) is 0 Å². The summed E-state index contributed by atoms with van der Waals surface area (Å²) in [5.74, 6) is 2.15. The molecule has 7 heteroatoms. The Morgan fingerprint density at radius 2 is 1.50 bits per heavy atom. The van der Waals surface area contributed by atoms with Crippen LogP contribution in [0.1, 0.15) is 15.9 Å². The minimum atomic E-state index is -0.524. The van der Waals surface area contributed by atoms with Gasteiger partial charge in [0.1, 0.15) is 35.4 Å². The Bertz CT molecular complexity index is 1320. The summed E-state index contributed by atoms with van der Waals surface area (Å²) in [5.41, 5.74) is 1.39. The second kappa shape index (κ2) is 10.6. The van der Waals surface area contributed by atoms with E-state index in [-0.39, 0.29) is 0 Å². The highest BCUT2D eigenvalue weighted by molar-refractivity contribution is 14.1. The second-order valence-electron chi connectivity index (χ2n) is 7.30. The van der Waals surface area contributed by atoms with Gasteiger partial charge in [0.05, 0.1) is 35.8 Å². The van der Waals surface area contributed by atoms with Crippen molar-refractivity contribution >= 4 is 39.3 Å². The molecule has 0 aliphatic carbocycles. The molecule has 0 fully saturated rings. The zero-order valence-corrected chi connectivity index (χ0v) is 21.1. The highest BCUT2D eigenvalue weighted by Gasteiger charge is 2.21. The third-order valence-corrected chi connectivity index (χ3v) is 6.38. The van der Waals surface area contributed by atoms with Gasteiger partial charge in [0.15, 0.2) is 0 Å². The van der Waals surface area contributed by atoms with Crippen molar-refractivity contribution in [2.24, 2.45) is 0 Å². The molecule has 4 rings (SSSR count). The van der Waals surface area contributed by atoms with Crippen molar-refractivity contribution in [1.29, 1.82) is 0 Å². The molecule has 6 nitrogen and oxygen atoms in total. The average molecular weight is 570 g/mol. The summed E-state index contributed by atoms with van der Waals surface area (Å²) in [6.07, 6.45) is 0. The molecule has 34 heavy (non-hydrogen) atoms. The Labute approximate surface area is 211 Å². The summed E-state index contributed by atoms with van der Waals surface area (Å²) in [7, 11) is 4.67. The monoisotopic (exact) mass is 570 g/mol. The molecule has 0 spiro atoms. The van der Waals surface area contributed by atoms with Gasteiger partial charge in [-0.05, 0) is 52.4 Å². The lowest BCUT2D eigenvalue weighted by Gasteiger charge is -2.16. The Hall–Kier alpha value is -3.46. The van der Waals surface area contributed by atoms with Gasteiger partial charge in [-0.1, -0.05) is 42.5 Å². The van der Waals surface area contributed by atoms with E-state index in [1.165, 1.54) is 7.11 Å². The number of hydrogen-bond acceptors (Lipinski definition) is 6. The highest BCUT2D eigenvalue weighted by atomic mass is 127. The quantitative estimate of drug-likeness (QED) is 0.142. The van der Waals surface area contributed by atoms with E-state index in [2.05, 4.69) is 22.6 Å². The number of hydrogen-bond donors (Lipinski definition) is 0. The predicted molar refractivity (Wildman–Crippen MR) is 138 cm³/mol. The lowest BCUT2D eigenvalue weighted by atomic mass is 10.1. The first-order valence-electron chi connectivity index (χ1n) is 10.5. The first kappa shape index (κ1) is 23.7. The third kappa shape index (κ3) is 4.89. The van der Waals surface area contributed by atoms with Crippen LogP contribution in [0, 0.1) is 3.57 Å². The van der Waals surface area contributed by atoms with Crippen molar-refractivity contribution < 1.29 is 28.5 Å². The van der Waals surface area contributed by atoms with Gasteiger partial charge in [0, 0.05) is 11.5 Å². The average Bonchev–Trinajstić information content (AvgIpc) is 2.88. The summed E-state index contributed by atoms with van der Waals surface area (Å²) in [4.78, 5) is 13.2. The first-order valence-corrected chi connectivity index (χ1v) is 11.5. The van der Waals surface area contributed by atoms with Crippen molar-refractivity contribution in [2.75, 3.05) is 21.3 Å². The van der Waals surface area contributed by atoms with Crippen LogP contribution in [0.2, 0.25) is 0 Å². The first-order chi connectivity index (χ1) is 16.5. The molecule has 0 amide bonds. The van der Waals surface area contributed by atoms with Gasteiger partial charge in [-0.25, -0.2) is 4.79 Å². The van der Waals surface area contributed by atoms with Crippen molar-refractivity contribution in [1.82, 2.24) is 0 Å². The van der Waals surface area contributed by atoms with E-state index in [1.54, 1.807) is 38.5 Å². The van der Waals surface area contributed by atoms with E-state index in [1.807, 2.05) is 48.5 Å². The molecule has 0 saturated heterocycles. The number of ether oxygens (including phenoxy) is 5. The summed E-state index contributed by atoms with van der Waals surface area (Å²) < 4.78 is 28.9. The molecule has 0 N–H and O–H groups in total. The van der Waals surface area contributed by atoms with E-state index in [9.17, 15) is 4.79 Å². The third-order valence-electron chi connectivity index (χ3n) is 5.27. The molecule has 4 aromatic carbocycles. The molecule has 0 aliphatic rings. The molecular formula is C27H23IO6. The zero-order valence-electron chi connectivity index (χ0n) is 19.0. The number of carbonyl (C=O) groups excluding carboxylic acids is 1. The molecular weight excluding hydrogens is 547 g/mol. The van der Waals surface area contributed by atoms with Crippen LogP contribution in [0.5, 0.6) is 28.7 Å². The van der Waals surface area contributed by atoms with Crippen molar-refractivity contribution in [3.63, 3.8) is 0 Å². The maximum atomic E-state index is 13.2. The van der Waals surface area contributed by atoms with Gasteiger partial charge in [-0.15, -0.1) is 0 Å². The van der Waals surface area contributed by atoms with Crippen molar-refractivity contribution in [2.45, 2.75) is 6.61 Å². The van der Waals surface area contributed by atoms with E-state index < -0.39 is 5.97 Å². The van der Waals surface area contributed by atoms with Gasteiger partial charge in [0.2, 0.25) is 0 Å². The normalized spacial score (nSPS) is 10.6. The maximum Gasteiger partial charge on any atom is 0.344 e. The molecule has 4 aromatic rings. The van der Waals surface area contributed by atoms with Crippen LogP contribution in [0.15, 0.2) is 72.8 Å². The molecule has 0 saturated carbocycles. The molecule has 0 bridgehead atoms. The fourth-order valence-electron chi connectivity index (χ4n) is 3.57. The fourth-order valence-corrected chi connectivity index (χ4v) is 4.32.